The third-order valence-corrected chi connectivity index (χ3v) is 2.82. The summed E-state index contributed by atoms with van der Waals surface area (Å²) >= 11 is 5.93. The van der Waals surface area contributed by atoms with Crippen LogP contribution in [0.3, 0.4) is 0 Å². The molecule has 1 rings (SSSR count). The van der Waals surface area contributed by atoms with Gasteiger partial charge in [-0.05, 0) is 37.0 Å². The highest BCUT2D eigenvalue weighted by Gasteiger charge is 2.12. The lowest BCUT2D eigenvalue weighted by atomic mass is 9.98. The van der Waals surface area contributed by atoms with Crippen LogP contribution in [0.5, 0.6) is 11.5 Å². The van der Waals surface area contributed by atoms with Gasteiger partial charge in [0.25, 0.3) is 0 Å². The maximum absolute atomic E-state index is 9.65. The Balaban J connectivity index is 3.11. The van der Waals surface area contributed by atoms with Gasteiger partial charge in [-0.25, -0.2) is 0 Å². The van der Waals surface area contributed by atoms with Crippen molar-refractivity contribution in [1.82, 2.24) is 0 Å². The standard InChI is InChI=1S/C12H17ClO2/c1-4-8(3)9-6-10(13)12(14)11(7-9)15-5-2/h6-8,14H,4-5H2,1-3H3. The molecule has 0 aliphatic carbocycles. The normalized spacial score (nSPS) is 12.5. The topological polar surface area (TPSA) is 29.5 Å². The van der Waals surface area contributed by atoms with Gasteiger partial charge in [-0.2, -0.15) is 0 Å². The summed E-state index contributed by atoms with van der Waals surface area (Å²) in [6.07, 6.45) is 1.03. The number of phenols is 1. The molecule has 0 saturated heterocycles. The van der Waals surface area contributed by atoms with Crippen LogP contribution in [0.4, 0.5) is 0 Å². The van der Waals surface area contributed by atoms with E-state index in [-0.39, 0.29) is 5.75 Å². The predicted octanol–water partition coefficient (Wildman–Crippen LogP) is 3.96. The summed E-state index contributed by atoms with van der Waals surface area (Å²) in [5.74, 6) is 0.924. The molecule has 1 aromatic carbocycles. The van der Waals surface area contributed by atoms with Gasteiger partial charge in [-0.15, -0.1) is 0 Å². The van der Waals surface area contributed by atoms with Crippen LogP contribution in [0.2, 0.25) is 5.02 Å². The van der Waals surface area contributed by atoms with Gasteiger partial charge < -0.3 is 9.84 Å². The third kappa shape index (κ3) is 2.78. The van der Waals surface area contributed by atoms with Crippen molar-refractivity contribution >= 4 is 11.6 Å². The first kappa shape index (κ1) is 12.2. The molecule has 0 saturated carbocycles. The fraction of sp³-hybridized carbons (Fsp3) is 0.500. The molecular weight excluding hydrogens is 212 g/mol. The Morgan fingerprint density at radius 3 is 2.60 bits per heavy atom. The summed E-state index contributed by atoms with van der Waals surface area (Å²) in [5, 5.41) is 10.0. The molecule has 0 bridgehead atoms. The van der Waals surface area contributed by atoms with Crippen molar-refractivity contribution in [2.24, 2.45) is 0 Å². The Bertz CT molecular complexity index is 337. The van der Waals surface area contributed by atoms with Gasteiger partial charge in [0.2, 0.25) is 0 Å². The molecule has 2 nitrogen and oxygen atoms in total. The summed E-state index contributed by atoms with van der Waals surface area (Å²) in [4.78, 5) is 0. The van der Waals surface area contributed by atoms with Gasteiger partial charge in [-0.1, -0.05) is 25.4 Å². The number of benzene rings is 1. The van der Waals surface area contributed by atoms with Crippen molar-refractivity contribution in [3.63, 3.8) is 0 Å². The molecule has 0 amide bonds. The monoisotopic (exact) mass is 228 g/mol. The molecule has 0 heterocycles. The average molecular weight is 229 g/mol. The van der Waals surface area contributed by atoms with Gasteiger partial charge >= 0.3 is 0 Å². The van der Waals surface area contributed by atoms with E-state index in [1.54, 1.807) is 6.07 Å². The van der Waals surface area contributed by atoms with Gasteiger partial charge in [0, 0.05) is 0 Å². The molecule has 0 aliphatic heterocycles. The summed E-state index contributed by atoms with van der Waals surface area (Å²) in [5.41, 5.74) is 1.10. The van der Waals surface area contributed by atoms with Gasteiger partial charge in [0.1, 0.15) is 0 Å². The third-order valence-electron chi connectivity index (χ3n) is 2.53. The summed E-state index contributed by atoms with van der Waals surface area (Å²) in [7, 11) is 0. The Morgan fingerprint density at radius 1 is 1.40 bits per heavy atom. The van der Waals surface area contributed by atoms with Crippen LogP contribution < -0.4 is 4.74 Å². The Kier molecular flexibility index (Phi) is 4.28. The van der Waals surface area contributed by atoms with E-state index < -0.39 is 0 Å². The lowest BCUT2D eigenvalue weighted by molar-refractivity contribution is 0.317. The smallest absolute Gasteiger partial charge is 0.176 e. The first-order chi connectivity index (χ1) is 7.10. The first-order valence-corrected chi connectivity index (χ1v) is 5.63. The van der Waals surface area contributed by atoms with Crippen molar-refractivity contribution in [1.29, 1.82) is 0 Å². The molecule has 1 N–H and O–H groups in total. The van der Waals surface area contributed by atoms with E-state index in [2.05, 4.69) is 13.8 Å². The van der Waals surface area contributed by atoms with Gasteiger partial charge in [-0.3, -0.25) is 0 Å². The van der Waals surface area contributed by atoms with E-state index in [0.717, 1.165) is 12.0 Å². The molecule has 1 aromatic rings. The first-order valence-electron chi connectivity index (χ1n) is 5.25. The second-order valence-corrected chi connectivity index (χ2v) is 4.00. The largest absolute Gasteiger partial charge is 0.503 e. The molecule has 0 spiro atoms. The number of halogens is 1. The van der Waals surface area contributed by atoms with Crippen LogP contribution >= 0.6 is 11.6 Å². The highest BCUT2D eigenvalue weighted by atomic mass is 35.5. The SMILES string of the molecule is CCOc1cc(C(C)CC)cc(Cl)c1O. The number of hydrogen-bond donors (Lipinski definition) is 1. The van der Waals surface area contributed by atoms with Crippen LogP contribution in [0.15, 0.2) is 12.1 Å². The van der Waals surface area contributed by atoms with Crippen molar-refractivity contribution in [3.05, 3.63) is 22.7 Å². The summed E-state index contributed by atoms with van der Waals surface area (Å²) in [6.45, 7) is 6.64. The molecule has 15 heavy (non-hydrogen) atoms. The number of phenolic OH excluding ortho intramolecular Hbond substituents is 1. The number of ether oxygens (including phenoxy) is 1. The zero-order valence-electron chi connectivity index (χ0n) is 9.38. The predicted molar refractivity (Wildman–Crippen MR) is 63.0 cm³/mol. The van der Waals surface area contributed by atoms with E-state index in [9.17, 15) is 5.11 Å². The fourth-order valence-electron chi connectivity index (χ4n) is 1.38. The zero-order chi connectivity index (χ0) is 11.4. The minimum absolute atomic E-state index is 0.0329. The minimum atomic E-state index is 0.0329. The molecule has 0 fully saturated rings. The molecule has 0 radical (unpaired) electrons. The van der Waals surface area contributed by atoms with E-state index in [1.165, 1.54) is 0 Å². The lowest BCUT2D eigenvalue weighted by Crippen LogP contribution is -1.96. The number of hydrogen-bond acceptors (Lipinski definition) is 2. The van der Waals surface area contributed by atoms with Crippen LogP contribution in [-0.2, 0) is 0 Å². The number of aromatic hydroxyl groups is 1. The second kappa shape index (κ2) is 5.26. The van der Waals surface area contributed by atoms with E-state index >= 15 is 0 Å². The minimum Gasteiger partial charge on any atom is -0.503 e. The van der Waals surface area contributed by atoms with E-state index in [1.807, 2.05) is 13.0 Å². The van der Waals surface area contributed by atoms with Gasteiger partial charge in [0.15, 0.2) is 11.5 Å². The second-order valence-electron chi connectivity index (χ2n) is 3.59. The summed E-state index contributed by atoms with van der Waals surface area (Å²) in [6, 6.07) is 3.66. The lowest BCUT2D eigenvalue weighted by Gasteiger charge is -2.13. The van der Waals surface area contributed by atoms with E-state index in [0.29, 0.717) is 23.3 Å². The molecule has 3 heteroatoms. The summed E-state index contributed by atoms with van der Waals surface area (Å²) < 4.78 is 5.32. The van der Waals surface area contributed by atoms with Crippen LogP contribution in [0.25, 0.3) is 0 Å². The molecular formula is C12H17ClO2. The van der Waals surface area contributed by atoms with Crippen molar-refractivity contribution in [2.75, 3.05) is 6.61 Å². The Morgan fingerprint density at radius 2 is 2.07 bits per heavy atom. The van der Waals surface area contributed by atoms with Crippen molar-refractivity contribution in [2.45, 2.75) is 33.1 Å². The fourth-order valence-corrected chi connectivity index (χ4v) is 1.60. The van der Waals surface area contributed by atoms with Crippen LogP contribution in [0.1, 0.15) is 38.7 Å². The van der Waals surface area contributed by atoms with Crippen molar-refractivity contribution in [3.8, 4) is 11.5 Å². The highest BCUT2D eigenvalue weighted by Crippen LogP contribution is 2.37. The Labute approximate surface area is 95.8 Å². The average Bonchev–Trinajstić information content (AvgIpc) is 2.23. The highest BCUT2D eigenvalue weighted by molar-refractivity contribution is 6.32. The van der Waals surface area contributed by atoms with Crippen LogP contribution in [-0.4, -0.2) is 11.7 Å². The number of rotatable bonds is 4. The maximum Gasteiger partial charge on any atom is 0.176 e. The Hall–Kier alpha value is -0.890. The quantitative estimate of drug-likeness (QED) is 0.846. The zero-order valence-corrected chi connectivity index (χ0v) is 10.1. The van der Waals surface area contributed by atoms with Crippen molar-refractivity contribution < 1.29 is 9.84 Å². The van der Waals surface area contributed by atoms with Crippen LogP contribution in [0, 0.1) is 0 Å². The molecule has 1 unspecified atom stereocenters. The molecule has 1 atom stereocenters. The van der Waals surface area contributed by atoms with Gasteiger partial charge in [0.05, 0.1) is 11.6 Å². The maximum atomic E-state index is 9.65. The molecule has 0 aromatic heterocycles. The molecule has 84 valence electrons. The molecule has 0 aliphatic rings. The van der Waals surface area contributed by atoms with E-state index in [4.69, 9.17) is 16.3 Å².